The van der Waals surface area contributed by atoms with Gasteiger partial charge in [0.25, 0.3) is 0 Å². The van der Waals surface area contributed by atoms with Gasteiger partial charge >= 0.3 is 5.97 Å². The van der Waals surface area contributed by atoms with Crippen molar-refractivity contribution in [2.24, 2.45) is 0 Å². The van der Waals surface area contributed by atoms with Crippen molar-refractivity contribution in [3.8, 4) is 0 Å². The minimum atomic E-state index is -0.946. The van der Waals surface area contributed by atoms with Crippen LogP contribution in [0.5, 0.6) is 0 Å². The molecule has 0 amide bonds. The van der Waals surface area contributed by atoms with E-state index in [4.69, 9.17) is 0 Å². The zero-order valence-electron chi connectivity index (χ0n) is 11.9. The average molecular weight is 294 g/mol. The van der Waals surface area contributed by atoms with Crippen LogP contribution in [0, 0.1) is 5.82 Å². The van der Waals surface area contributed by atoms with Crippen molar-refractivity contribution in [1.82, 2.24) is 0 Å². The molecule has 0 radical (unpaired) electrons. The van der Waals surface area contributed by atoms with Gasteiger partial charge in [0, 0.05) is 0 Å². The van der Waals surface area contributed by atoms with Crippen molar-refractivity contribution in [1.29, 1.82) is 0 Å². The third kappa shape index (κ3) is 2.84. The standard InChI is InChI=1S/C19H15FO2/c20-16-9-4-8-14(11-16)18(19(21)22)12-15-7-3-6-13-5-1-2-10-17(13)15/h1-11,18H,12H2,(H,21,22). The van der Waals surface area contributed by atoms with Crippen LogP contribution in [0.25, 0.3) is 10.8 Å². The summed E-state index contributed by atoms with van der Waals surface area (Å²) in [6.45, 7) is 0. The summed E-state index contributed by atoms with van der Waals surface area (Å²) in [6, 6.07) is 19.5. The molecule has 3 rings (SSSR count). The molecule has 0 bridgehead atoms. The Morgan fingerprint density at radius 2 is 1.73 bits per heavy atom. The molecule has 0 heterocycles. The fourth-order valence-electron chi connectivity index (χ4n) is 2.76. The zero-order valence-corrected chi connectivity index (χ0v) is 11.9. The lowest BCUT2D eigenvalue weighted by molar-refractivity contribution is -0.138. The van der Waals surface area contributed by atoms with Gasteiger partial charge in [-0.1, -0.05) is 54.6 Å². The third-order valence-corrected chi connectivity index (χ3v) is 3.85. The fourth-order valence-corrected chi connectivity index (χ4v) is 2.76. The Balaban J connectivity index is 2.02. The summed E-state index contributed by atoms with van der Waals surface area (Å²) in [5.74, 6) is -2.12. The number of halogens is 1. The molecule has 0 spiro atoms. The Labute approximate surface area is 127 Å². The average Bonchev–Trinajstić information content (AvgIpc) is 2.52. The first kappa shape index (κ1) is 14.3. The lowest BCUT2D eigenvalue weighted by atomic mass is 9.90. The lowest BCUT2D eigenvalue weighted by Crippen LogP contribution is -2.14. The molecule has 0 saturated heterocycles. The molecule has 0 saturated carbocycles. The molecule has 110 valence electrons. The number of fused-ring (bicyclic) bond motifs is 1. The first-order chi connectivity index (χ1) is 10.6. The molecule has 1 unspecified atom stereocenters. The van der Waals surface area contributed by atoms with Gasteiger partial charge in [-0.3, -0.25) is 4.79 Å². The van der Waals surface area contributed by atoms with Crippen LogP contribution in [0.2, 0.25) is 0 Å². The molecule has 1 atom stereocenters. The molecule has 0 aromatic heterocycles. The summed E-state index contributed by atoms with van der Waals surface area (Å²) in [7, 11) is 0. The number of hydrogen-bond acceptors (Lipinski definition) is 1. The van der Waals surface area contributed by atoms with Crippen LogP contribution in [-0.4, -0.2) is 11.1 Å². The summed E-state index contributed by atoms with van der Waals surface area (Å²) in [4.78, 5) is 11.6. The van der Waals surface area contributed by atoms with Gasteiger partial charge in [-0.15, -0.1) is 0 Å². The molecule has 1 N–H and O–H groups in total. The van der Waals surface area contributed by atoms with Crippen LogP contribution in [0.4, 0.5) is 4.39 Å². The molecule has 0 aliphatic carbocycles. The van der Waals surface area contributed by atoms with Crippen LogP contribution in [0.15, 0.2) is 66.7 Å². The normalized spacial score (nSPS) is 12.2. The minimum Gasteiger partial charge on any atom is -0.481 e. The van der Waals surface area contributed by atoms with Crippen molar-refractivity contribution in [3.63, 3.8) is 0 Å². The number of hydrogen-bond donors (Lipinski definition) is 1. The maximum Gasteiger partial charge on any atom is 0.311 e. The molecular formula is C19H15FO2. The largest absolute Gasteiger partial charge is 0.481 e. The summed E-state index contributed by atoms with van der Waals surface area (Å²) >= 11 is 0. The molecule has 2 nitrogen and oxygen atoms in total. The first-order valence-corrected chi connectivity index (χ1v) is 7.10. The van der Waals surface area contributed by atoms with E-state index < -0.39 is 17.7 Å². The van der Waals surface area contributed by atoms with Crippen LogP contribution in [0.3, 0.4) is 0 Å². The second-order valence-corrected chi connectivity index (χ2v) is 5.29. The Bertz CT molecular complexity index is 821. The van der Waals surface area contributed by atoms with Gasteiger partial charge in [-0.2, -0.15) is 0 Å². The van der Waals surface area contributed by atoms with Crippen molar-refractivity contribution < 1.29 is 14.3 Å². The van der Waals surface area contributed by atoms with Gasteiger partial charge in [0.05, 0.1) is 5.92 Å². The molecule has 3 heteroatoms. The molecule has 0 aliphatic rings. The van der Waals surface area contributed by atoms with E-state index in [1.807, 2.05) is 42.5 Å². The Kier molecular flexibility index (Phi) is 3.88. The van der Waals surface area contributed by atoms with E-state index in [9.17, 15) is 14.3 Å². The number of rotatable bonds is 4. The van der Waals surface area contributed by atoms with E-state index in [1.165, 1.54) is 12.1 Å². The van der Waals surface area contributed by atoms with Crippen LogP contribution < -0.4 is 0 Å². The highest BCUT2D eigenvalue weighted by Gasteiger charge is 2.21. The van der Waals surface area contributed by atoms with E-state index in [-0.39, 0.29) is 0 Å². The SMILES string of the molecule is O=C(O)C(Cc1cccc2ccccc12)c1cccc(F)c1. The Hall–Kier alpha value is -2.68. The van der Waals surface area contributed by atoms with Gasteiger partial charge in [0.1, 0.15) is 5.82 Å². The van der Waals surface area contributed by atoms with E-state index in [0.29, 0.717) is 12.0 Å². The Morgan fingerprint density at radius 1 is 1.00 bits per heavy atom. The highest BCUT2D eigenvalue weighted by atomic mass is 19.1. The second-order valence-electron chi connectivity index (χ2n) is 5.29. The molecule has 3 aromatic rings. The summed E-state index contributed by atoms with van der Waals surface area (Å²) in [5, 5.41) is 11.6. The van der Waals surface area contributed by atoms with Gasteiger partial charge in [0.15, 0.2) is 0 Å². The minimum absolute atomic E-state index is 0.333. The number of carboxylic acid groups (broad SMARTS) is 1. The number of aliphatic carboxylic acids is 1. The van der Waals surface area contributed by atoms with Crippen LogP contribution in [0.1, 0.15) is 17.0 Å². The molecular weight excluding hydrogens is 279 g/mol. The summed E-state index contributed by atoms with van der Waals surface area (Å²) in [6.07, 6.45) is 0.333. The van der Waals surface area contributed by atoms with Gasteiger partial charge < -0.3 is 5.11 Å². The second kappa shape index (κ2) is 5.98. The number of carbonyl (C=O) groups is 1. The molecule has 0 fully saturated rings. The van der Waals surface area contributed by atoms with Crippen molar-refractivity contribution in [2.75, 3.05) is 0 Å². The van der Waals surface area contributed by atoms with Gasteiger partial charge in [-0.05, 0) is 40.5 Å². The van der Waals surface area contributed by atoms with E-state index >= 15 is 0 Å². The maximum atomic E-state index is 13.4. The van der Waals surface area contributed by atoms with Gasteiger partial charge in [-0.25, -0.2) is 4.39 Å². The van der Waals surface area contributed by atoms with E-state index in [0.717, 1.165) is 16.3 Å². The zero-order chi connectivity index (χ0) is 15.5. The smallest absolute Gasteiger partial charge is 0.311 e. The van der Waals surface area contributed by atoms with E-state index in [1.54, 1.807) is 12.1 Å². The maximum absolute atomic E-state index is 13.4. The molecule has 0 aliphatic heterocycles. The Morgan fingerprint density at radius 3 is 2.50 bits per heavy atom. The highest BCUT2D eigenvalue weighted by molar-refractivity contribution is 5.86. The van der Waals surface area contributed by atoms with Gasteiger partial charge in [0.2, 0.25) is 0 Å². The van der Waals surface area contributed by atoms with E-state index in [2.05, 4.69) is 0 Å². The van der Waals surface area contributed by atoms with Crippen molar-refractivity contribution in [2.45, 2.75) is 12.3 Å². The van der Waals surface area contributed by atoms with Crippen molar-refractivity contribution in [3.05, 3.63) is 83.7 Å². The lowest BCUT2D eigenvalue weighted by Gasteiger charge is -2.14. The highest BCUT2D eigenvalue weighted by Crippen LogP contribution is 2.26. The number of carboxylic acids is 1. The topological polar surface area (TPSA) is 37.3 Å². The number of benzene rings is 3. The first-order valence-electron chi connectivity index (χ1n) is 7.10. The summed E-state index contributed by atoms with van der Waals surface area (Å²) < 4.78 is 13.4. The summed E-state index contributed by atoms with van der Waals surface area (Å²) in [5.41, 5.74) is 1.44. The molecule has 3 aromatic carbocycles. The predicted octanol–water partition coefficient (Wildman–Crippen LogP) is 4.39. The fraction of sp³-hybridized carbons (Fsp3) is 0.105. The third-order valence-electron chi connectivity index (χ3n) is 3.85. The van der Waals surface area contributed by atoms with Crippen molar-refractivity contribution >= 4 is 16.7 Å². The van der Waals surface area contributed by atoms with Crippen LogP contribution >= 0.6 is 0 Å². The molecule has 22 heavy (non-hydrogen) atoms. The monoisotopic (exact) mass is 294 g/mol. The quantitative estimate of drug-likeness (QED) is 0.775. The van der Waals surface area contributed by atoms with Crippen LogP contribution in [-0.2, 0) is 11.2 Å². The predicted molar refractivity (Wildman–Crippen MR) is 84.4 cm³/mol.